The summed E-state index contributed by atoms with van der Waals surface area (Å²) in [5, 5.41) is 0. The van der Waals surface area contributed by atoms with Gasteiger partial charge >= 0.3 is 5.97 Å². The Morgan fingerprint density at radius 3 is 2.75 bits per heavy atom. The molecule has 0 aliphatic rings. The van der Waals surface area contributed by atoms with E-state index in [4.69, 9.17) is 4.74 Å². The minimum atomic E-state index is -0.154. The van der Waals surface area contributed by atoms with Crippen LogP contribution in [0.5, 0.6) is 0 Å². The number of carbonyl (C=O) groups is 1. The summed E-state index contributed by atoms with van der Waals surface area (Å²) in [6.07, 6.45) is 5.03. The number of carbonyl (C=O) groups excluding carboxylic acids is 1. The number of aryl methyl sites for hydroxylation is 2. The van der Waals surface area contributed by atoms with Gasteiger partial charge in [0.1, 0.15) is 6.42 Å². The number of esters is 1. The molecular formula is C14H17BrN2O2S. The van der Waals surface area contributed by atoms with Gasteiger partial charge in [-0.1, -0.05) is 6.07 Å². The standard InChI is InChI=1S/C14H17N2O2S.BrH/c1-12-13(19-11-15-12)6-10-18-14(17)5-9-16-7-3-2-4-8-16;/h2-4,7-8,11H,5-6,9-10H2,1H3;1H/q+1;/p-1. The Morgan fingerprint density at radius 1 is 1.35 bits per heavy atom. The number of thiazole rings is 1. The van der Waals surface area contributed by atoms with Crippen LogP contribution in [0.3, 0.4) is 0 Å². The fraction of sp³-hybridized carbons (Fsp3) is 0.357. The molecule has 4 nitrogen and oxygen atoms in total. The first kappa shape index (κ1) is 16.8. The van der Waals surface area contributed by atoms with Crippen LogP contribution < -0.4 is 21.5 Å². The minimum Gasteiger partial charge on any atom is -1.00 e. The predicted molar refractivity (Wildman–Crippen MR) is 72.8 cm³/mol. The Labute approximate surface area is 133 Å². The van der Waals surface area contributed by atoms with Crippen LogP contribution in [0.25, 0.3) is 0 Å². The van der Waals surface area contributed by atoms with Crippen LogP contribution >= 0.6 is 11.3 Å². The van der Waals surface area contributed by atoms with Crippen molar-refractivity contribution in [2.75, 3.05) is 6.61 Å². The molecule has 2 heterocycles. The fourth-order valence-electron chi connectivity index (χ4n) is 1.70. The molecule has 0 aliphatic carbocycles. The summed E-state index contributed by atoms with van der Waals surface area (Å²) in [5.74, 6) is -0.154. The first-order valence-electron chi connectivity index (χ1n) is 6.24. The number of pyridine rings is 1. The highest BCUT2D eigenvalue weighted by atomic mass is 79.9. The third kappa shape index (κ3) is 5.38. The second kappa shape index (κ2) is 8.81. The first-order valence-corrected chi connectivity index (χ1v) is 7.12. The monoisotopic (exact) mass is 356 g/mol. The predicted octanol–water partition coefficient (Wildman–Crippen LogP) is -1.08. The highest BCUT2D eigenvalue weighted by molar-refractivity contribution is 7.09. The normalized spacial score (nSPS) is 9.85. The molecule has 2 aromatic heterocycles. The Morgan fingerprint density at radius 2 is 2.10 bits per heavy atom. The number of hydrogen-bond acceptors (Lipinski definition) is 4. The van der Waals surface area contributed by atoms with Crippen LogP contribution in [0.15, 0.2) is 36.1 Å². The van der Waals surface area contributed by atoms with E-state index >= 15 is 0 Å². The van der Waals surface area contributed by atoms with Crippen molar-refractivity contribution >= 4 is 17.3 Å². The van der Waals surface area contributed by atoms with Gasteiger partial charge in [0.25, 0.3) is 0 Å². The number of halogens is 1. The van der Waals surface area contributed by atoms with Crippen molar-refractivity contribution in [3.05, 3.63) is 46.7 Å². The Bertz CT molecular complexity index is 531. The van der Waals surface area contributed by atoms with Crippen molar-refractivity contribution < 1.29 is 31.1 Å². The first-order chi connectivity index (χ1) is 9.25. The van der Waals surface area contributed by atoms with Gasteiger partial charge in [-0.15, -0.1) is 11.3 Å². The minimum absolute atomic E-state index is 0. The van der Waals surface area contributed by atoms with Crippen molar-refractivity contribution in [1.82, 2.24) is 4.98 Å². The molecule has 0 spiro atoms. The molecule has 2 rings (SSSR count). The highest BCUT2D eigenvalue weighted by Gasteiger charge is 2.08. The van der Waals surface area contributed by atoms with E-state index in [-0.39, 0.29) is 23.0 Å². The summed E-state index contributed by atoms with van der Waals surface area (Å²) in [6, 6.07) is 5.84. The van der Waals surface area contributed by atoms with Gasteiger partial charge in [0.05, 0.1) is 17.8 Å². The molecule has 0 atom stereocenters. The fourth-order valence-corrected chi connectivity index (χ4v) is 2.46. The van der Waals surface area contributed by atoms with Crippen LogP contribution in [0, 0.1) is 6.92 Å². The molecule has 0 bridgehead atoms. The summed E-state index contributed by atoms with van der Waals surface area (Å²) in [4.78, 5) is 16.9. The van der Waals surface area contributed by atoms with Crippen molar-refractivity contribution in [2.24, 2.45) is 0 Å². The molecule has 6 heteroatoms. The molecule has 20 heavy (non-hydrogen) atoms. The van der Waals surface area contributed by atoms with Gasteiger partial charge < -0.3 is 21.7 Å². The summed E-state index contributed by atoms with van der Waals surface area (Å²) in [5.41, 5.74) is 2.85. The van der Waals surface area contributed by atoms with Gasteiger partial charge in [0, 0.05) is 23.4 Å². The van der Waals surface area contributed by atoms with E-state index in [0.29, 0.717) is 19.6 Å². The van der Waals surface area contributed by atoms with Crippen LogP contribution in [-0.2, 0) is 22.5 Å². The molecule has 0 fully saturated rings. The van der Waals surface area contributed by atoms with Crippen LogP contribution in [0.1, 0.15) is 17.0 Å². The molecule has 0 saturated heterocycles. The number of aromatic nitrogens is 2. The Balaban J connectivity index is 0.00000200. The van der Waals surface area contributed by atoms with E-state index in [1.54, 1.807) is 11.3 Å². The second-order valence-corrected chi connectivity index (χ2v) is 5.13. The quantitative estimate of drug-likeness (QED) is 0.488. The van der Waals surface area contributed by atoms with Gasteiger partial charge in [0.2, 0.25) is 0 Å². The van der Waals surface area contributed by atoms with E-state index < -0.39 is 0 Å². The average Bonchev–Trinajstić information content (AvgIpc) is 2.83. The van der Waals surface area contributed by atoms with Crippen molar-refractivity contribution in [3.63, 3.8) is 0 Å². The van der Waals surface area contributed by atoms with Gasteiger partial charge in [0.15, 0.2) is 18.9 Å². The lowest BCUT2D eigenvalue weighted by Gasteiger charge is -2.03. The zero-order valence-electron chi connectivity index (χ0n) is 11.3. The smallest absolute Gasteiger partial charge is 0.312 e. The van der Waals surface area contributed by atoms with Crippen LogP contribution in [-0.4, -0.2) is 17.6 Å². The summed E-state index contributed by atoms with van der Waals surface area (Å²) < 4.78 is 7.19. The van der Waals surface area contributed by atoms with E-state index in [1.165, 1.54) is 4.88 Å². The molecular weight excluding hydrogens is 340 g/mol. The van der Waals surface area contributed by atoms with Crippen molar-refractivity contribution in [2.45, 2.75) is 26.3 Å². The third-order valence-electron chi connectivity index (χ3n) is 2.79. The zero-order chi connectivity index (χ0) is 13.5. The number of rotatable bonds is 6. The molecule has 0 N–H and O–H groups in total. The second-order valence-electron chi connectivity index (χ2n) is 4.19. The average molecular weight is 357 g/mol. The SMILES string of the molecule is Cc1ncsc1CCOC(=O)CC[n+]1ccccc1.[Br-]. The maximum Gasteiger partial charge on any atom is 0.312 e. The molecule has 0 amide bonds. The van der Waals surface area contributed by atoms with Crippen molar-refractivity contribution in [3.8, 4) is 0 Å². The Hall–Kier alpha value is -1.27. The van der Waals surface area contributed by atoms with Gasteiger partial charge in [-0.2, -0.15) is 0 Å². The van der Waals surface area contributed by atoms with Crippen LogP contribution in [0.4, 0.5) is 0 Å². The number of ether oxygens (including phenoxy) is 1. The van der Waals surface area contributed by atoms with Crippen LogP contribution in [0.2, 0.25) is 0 Å². The zero-order valence-corrected chi connectivity index (χ0v) is 13.7. The summed E-state index contributed by atoms with van der Waals surface area (Å²) in [7, 11) is 0. The lowest BCUT2D eigenvalue weighted by atomic mass is 10.3. The maximum atomic E-state index is 11.6. The molecule has 108 valence electrons. The Kier molecular flexibility index (Phi) is 7.40. The van der Waals surface area contributed by atoms with Crippen molar-refractivity contribution in [1.29, 1.82) is 0 Å². The van der Waals surface area contributed by atoms with E-state index in [9.17, 15) is 4.79 Å². The third-order valence-corrected chi connectivity index (χ3v) is 3.78. The molecule has 0 radical (unpaired) electrons. The maximum absolute atomic E-state index is 11.6. The molecule has 0 aliphatic heterocycles. The highest BCUT2D eigenvalue weighted by Crippen LogP contribution is 2.12. The van der Waals surface area contributed by atoms with Gasteiger partial charge in [-0.25, -0.2) is 9.55 Å². The number of nitrogens with zero attached hydrogens (tertiary/aromatic N) is 2. The molecule has 0 aromatic carbocycles. The summed E-state index contributed by atoms with van der Waals surface area (Å²) in [6.45, 7) is 3.06. The lowest BCUT2D eigenvalue weighted by molar-refractivity contribution is -0.696. The topological polar surface area (TPSA) is 43.1 Å². The molecule has 2 aromatic rings. The van der Waals surface area contributed by atoms with Gasteiger partial charge in [-0.3, -0.25) is 4.79 Å². The lowest BCUT2D eigenvalue weighted by Crippen LogP contribution is -3.00. The van der Waals surface area contributed by atoms with E-state index in [2.05, 4.69) is 4.98 Å². The van der Waals surface area contributed by atoms with E-state index in [0.717, 1.165) is 12.1 Å². The molecule has 0 saturated carbocycles. The van der Waals surface area contributed by atoms with Gasteiger partial charge in [-0.05, 0) is 6.92 Å². The van der Waals surface area contributed by atoms with E-state index in [1.807, 2.05) is 47.6 Å². The number of hydrogen-bond donors (Lipinski definition) is 0. The largest absolute Gasteiger partial charge is 1.00 e. The summed E-state index contributed by atoms with van der Waals surface area (Å²) >= 11 is 1.60. The molecule has 0 unspecified atom stereocenters.